The Kier molecular flexibility index (Phi) is 5.18. The Hall–Kier alpha value is -2.66. The van der Waals surface area contributed by atoms with Gasteiger partial charge >= 0.3 is 5.97 Å². The summed E-state index contributed by atoms with van der Waals surface area (Å²) in [6.07, 6.45) is 3.10. The van der Waals surface area contributed by atoms with E-state index >= 15 is 0 Å². The summed E-state index contributed by atoms with van der Waals surface area (Å²) in [6, 6.07) is 13.5. The molecule has 1 heterocycles. The molecule has 0 radical (unpaired) electrons. The molecule has 1 amide bonds. The van der Waals surface area contributed by atoms with E-state index in [0.29, 0.717) is 28.7 Å². The summed E-state index contributed by atoms with van der Waals surface area (Å²) in [4.78, 5) is 27.0. The minimum atomic E-state index is -0.345. The lowest BCUT2D eigenvalue weighted by Crippen LogP contribution is -2.16. The van der Waals surface area contributed by atoms with Crippen LogP contribution in [0.15, 0.2) is 42.5 Å². The minimum Gasteiger partial charge on any atom is -0.462 e. The molecular weight excluding hydrogens is 370 g/mol. The lowest BCUT2D eigenvalue weighted by molar-refractivity contribution is 0.0526. The van der Waals surface area contributed by atoms with Crippen LogP contribution in [0.25, 0.3) is 10.8 Å². The highest BCUT2D eigenvalue weighted by molar-refractivity contribution is 7.17. The topological polar surface area (TPSA) is 55.4 Å². The van der Waals surface area contributed by atoms with Gasteiger partial charge in [-0.05, 0) is 54.5 Å². The SMILES string of the molecule is CCOC(=O)c1c(NC(=O)c2cccc3ccccc23)sc2c1C(C)CCC2. The molecule has 2 aromatic carbocycles. The first-order chi connectivity index (χ1) is 13.6. The van der Waals surface area contributed by atoms with Crippen molar-refractivity contribution >= 4 is 39.0 Å². The summed E-state index contributed by atoms with van der Waals surface area (Å²) >= 11 is 1.52. The number of nitrogens with one attached hydrogen (secondary N) is 1. The Bertz CT molecular complexity index is 1050. The Labute approximate surface area is 168 Å². The molecule has 0 saturated carbocycles. The van der Waals surface area contributed by atoms with Crippen molar-refractivity contribution in [3.63, 3.8) is 0 Å². The van der Waals surface area contributed by atoms with E-state index in [4.69, 9.17) is 4.74 Å². The number of aryl methyl sites for hydroxylation is 1. The summed E-state index contributed by atoms with van der Waals surface area (Å²) in [5.74, 6) is -0.252. The highest BCUT2D eigenvalue weighted by Crippen LogP contribution is 2.44. The van der Waals surface area contributed by atoms with Crippen LogP contribution in [-0.4, -0.2) is 18.5 Å². The van der Waals surface area contributed by atoms with Gasteiger partial charge in [0.1, 0.15) is 5.00 Å². The predicted octanol–water partition coefficient (Wildman–Crippen LogP) is 5.77. The van der Waals surface area contributed by atoms with Gasteiger partial charge in [0.05, 0.1) is 12.2 Å². The molecule has 1 unspecified atom stereocenters. The molecule has 144 valence electrons. The highest BCUT2D eigenvalue weighted by Gasteiger charge is 2.31. The molecule has 0 aliphatic heterocycles. The fraction of sp³-hybridized carbons (Fsp3) is 0.304. The molecule has 0 saturated heterocycles. The minimum absolute atomic E-state index is 0.200. The molecule has 1 atom stereocenters. The fourth-order valence-electron chi connectivity index (χ4n) is 4.00. The maximum atomic E-state index is 13.1. The number of hydrogen-bond acceptors (Lipinski definition) is 4. The van der Waals surface area contributed by atoms with E-state index < -0.39 is 0 Å². The Morgan fingerprint density at radius 1 is 1.18 bits per heavy atom. The molecule has 1 N–H and O–H groups in total. The van der Waals surface area contributed by atoms with E-state index in [2.05, 4.69) is 12.2 Å². The van der Waals surface area contributed by atoms with Crippen molar-refractivity contribution in [1.29, 1.82) is 0 Å². The normalized spacial score (nSPS) is 15.9. The number of carbonyl (C=O) groups excluding carboxylic acids is 2. The van der Waals surface area contributed by atoms with E-state index in [0.717, 1.165) is 35.6 Å². The number of benzene rings is 2. The number of ether oxygens (including phenoxy) is 1. The van der Waals surface area contributed by atoms with E-state index in [1.807, 2.05) is 42.5 Å². The molecule has 0 spiro atoms. The van der Waals surface area contributed by atoms with E-state index in [9.17, 15) is 9.59 Å². The molecule has 5 heteroatoms. The zero-order chi connectivity index (χ0) is 19.7. The quantitative estimate of drug-likeness (QED) is 0.573. The van der Waals surface area contributed by atoms with Gasteiger partial charge in [0, 0.05) is 10.4 Å². The summed E-state index contributed by atoms with van der Waals surface area (Å²) < 4.78 is 5.32. The average Bonchev–Trinajstić information content (AvgIpc) is 3.07. The van der Waals surface area contributed by atoms with E-state index in [1.54, 1.807) is 6.92 Å². The molecule has 28 heavy (non-hydrogen) atoms. The summed E-state index contributed by atoms with van der Waals surface area (Å²) in [5, 5.41) is 5.53. The van der Waals surface area contributed by atoms with Gasteiger partial charge in [-0.1, -0.05) is 43.3 Å². The summed E-state index contributed by atoms with van der Waals surface area (Å²) in [6.45, 7) is 4.26. The van der Waals surface area contributed by atoms with Crippen molar-refractivity contribution in [2.45, 2.75) is 39.0 Å². The molecular formula is C23H23NO3S. The number of anilines is 1. The zero-order valence-corrected chi connectivity index (χ0v) is 16.9. The second-order valence-electron chi connectivity index (χ2n) is 7.14. The van der Waals surface area contributed by atoms with Crippen molar-refractivity contribution < 1.29 is 14.3 Å². The molecule has 4 nitrogen and oxygen atoms in total. The standard InChI is InChI=1S/C23H23NO3S/c1-3-27-23(26)20-19-14(2)8-6-13-18(19)28-22(20)24-21(25)17-12-7-10-15-9-4-5-11-16(15)17/h4-5,7,9-12,14H,3,6,8,13H2,1-2H3,(H,24,25). The van der Waals surface area contributed by atoms with Crippen LogP contribution in [-0.2, 0) is 11.2 Å². The number of thiophene rings is 1. The first-order valence-electron chi connectivity index (χ1n) is 9.72. The lowest BCUT2D eigenvalue weighted by Gasteiger charge is -2.19. The van der Waals surface area contributed by atoms with Crippen LogP contribution in [0.2, 0.25) is 0 Å². The van der Waals surface area contributed by atoms with Crippen LogP contribution in [0.5, 0.6) is 0 Å². The number of fused-ring (bicyclic) bond motifs is 2. The lowest BCUT2D eigenvalue weighted by atomic mass is 9.86. The summed E-state index contributed by atoms with van der Waals surface area (Å²) in [5.41, 5.74) is 2.21. The molecule has 3 aromatic rings. The fourth-order valence-corrected chi connectivity index (χ4v) is 5.34. The third-order valence-corrected chi connectivity index (χ3v) is 6.48. The van der Waals surface area contributed by atoms with Crippen molar-refractivity contribution in [3.8, 4) is 0 Å². The van der Waals surface area contributed by atoms with Crippen LogP contribution in [0.1, 0.15) is 63.8 Å². The van der Waals surface area contributed by atoms with Gasteiger partial charge in [0.25, 0.3) is 5.91 Å². The van der Waals surface area contributed by atoms with Gasteiger partial charge in [0.2, 0.25) is 0 Å². The second-order valence-corrected chi connectivity index (χ2v) is 8.24. The van der Waals surface area contributed by atoms with E-state index in [-0.39, 0.29) is 11.9 Å². The van der Waals surface area contributed by atoms with E-state index in [1.165, 1.54) is 16.2 Å². The van der Waals surface area contributed by atoms with Gasteiger partial charge < -0.3 is 10.1 Å². The molecule has 1 aromatic heterocycles. The first kappa shape index (κ1) is 18.7. The monoisotopic (exact) mass is 393 g/mol. The Morgan fingerprint density at radius 2 is 1.96 bits per heavy atom. The third kappa shape index (κ3) is 3.31. The number of amides is 1. The zero-order valence-electron chi connectivity index (χ0n) is 16.1. The maximum absolute atomic E-state index is 13.1. The number of hydrogen-bond donors (Lipinski definition) is 1. The van der Waals surface area contributed by atoms with Crippen molar-refractivity contribution in [1.82, 2.24) is 0 Å². The molecule has 0 fully saturated rings. The Balaban J connectivity index is 1.75. The highest BCUT2D eigenvalue weighted by atomic mass is 32.1. The predicted molar refractivity (Wildman–Crippen MR) is 114 cm³/mol. The number of rotatable bonds is 4. The maximum Gasteiger partial charge on any atom is 0.341 e. The average molecular weight is 394 g/mol. The Morgan fingerprint density at radius 3 is 2.79 bits per heavy atom. The van der Waals surface area contributed by atoms with Crippen LogP contribution < -0.4 is 5.32 Å². The van der Waals surface area contributed by atoms with Gasteiger partial charge in [-0.25, -0.2) is 4.79 Å². The molecule has 1 aliphatic carbocycles. The van der Waals surface area contributed by atoms with Gasteiger partial charge in [-0.15, -0.1) is 11.3 Å². The number of esters is 1. The van der Waals surface area contributed by atoms with Gasteiger partial charge in [-0.2, -0.15) is 0 Å². The molecule has 4 rings (SSSR count). The van der Waals surface area contributed by atoms with Crippen LogP contribution >= 0.6 is 11.3 Å². The first-order valence-corrected chi connectivity index (χ1v) is 10.5. The van der Waals surface area contributed by atoms with Crippen LogP contribution in [0.3, 0.4) is 0 Å². The largest absolute Gasteiger partial charge is 0.462 e. The molecule has 1 aliphatic rings. The van der Waals surface area contributed by atoms with Crippen LogP contribution in [0.4, 0.5) is 5.00 Å². The molecule has 0 bridgehead atoms. The smallest absolute Gasteiger partial charge is 0.341 e. The number of carbonyl (C=O) groups is 2. The third-order valence-electron chi connectivity index (χ3n) is 5.30. The summed E-state index contributed by atoms with van der Waals surface area (Å²) in [7, 11) is 0. The van der Waals surface area contributed by atoms with Crippen LogP contribution in [0, 0.1) is 0 Å². The van der Waals surface area contributed by atoms with Crippen molar-refractivity contribution in [2.24, 2.45) is 0 Å². The second kappa shape index (κ2) is 7.76. The van der Waals surface area contributed by atoms with Crippen molar-refractivity contribution in [3.05, 3.63) is 64.0 Å². The van der Waals surface area contributed by atoms with Gasteiger partial charge in [0.15, 0.2) is 0 Å². The van der Waals surface area contributed by atoms with Crippen molar-refractivity contribution in [2.75, 3.05) is 11.9 Å². The van der Waals surface area contributed by atoms with Gasteiger partial charge in [-0.3, -0.25) is 4.79 Å².